The highest BCUT2D eigenvalue weighted by Crippen LogP contribution is 2.38. The van der Waals surface area contributed by atoms with Crippen LogP contribution in [0.4, 0.5) is 5.69 Å². The Hall–Kier alpha value is -2.64. The molecule has 5 rings (SSSR count). The first kappa shape index (κ1) is 22.2. The highest BCUT2D eigenvalue weighted by atomic mass is 16.3. The molecule has 0 bridgehead atoms. The Morgan fingerprint density at radius 3 is 2.94 bits per heavy atom. The maximum atomic E-state index is 13.2. The standard InChI is InChI=1S/C26H35N5O2/c1-16(31-11-5-6-19(32)15-31)25(33)30(4)18-8-7-17-12-22(27-21(17)13-18)24-20-9-10-26(2,3)14-23(20)28-29-24/h7-8,12-13,16,19,27,32H,5-6,9-11,14-15H2,1-4H3,(H,28,29). The first-order valence-electron chi connectivity index (χ1n) is 12.1. The number of benzene rings is 1. The molecule has 7 heteroatoms. The Bertz CT molecular complexity index is 1180. The molecule has 1 fully saturated rings. The number of anilines is 1. The number of nitrogens with one attached hydrogen (secondary N) is 2. The Morgan fingerprint density at radius 2 is 2.15 bits per heavy atom. The van der Waals surface area contributed by atoms with E-state index in [1.165, 1.54) is 11.3 Å². The predicted octanol–water partition coefficient (Wildman–Crippen LogP) is 3.88. The van der Waals surface area contributed by atoms with Crippen LogP contribution >= 0.6 is 0 Å². The van der Waals surface area contributed by atoms with Gasteiger partial charge in [-0.15, -0.1) is 0 Å². The number of likely N-dealkylation sites (N-methyl/N-ethyl adjacent to an activating group) is 1. The maximum Gasteiger partial charge on any atom is 0.243 e. The Kier molecular flexibility index (Phi) is 5.57. The van der Waals surface area contributed by atoms with Crippen LogP contribution in [0.15, 0.2) is 24.3 Å². The van der Waals surface area contributed by atoms with Gasteiger partial charge in [0.15, 0.2) is 0 Å². The van der Waals surface area contributed by atoms with E-state index in [0.717, 1.165) is 66.6 Å². The van der Waals surface area contributed by atoms with Gasteiger partial charge in [-0.1, -0.05) is 19.9 Å². The molecule has 7 nitrogen and oxygen atoms in total. The number of likely N-dealkylation sites (tertiary alicyclic amines) is 1. The second-order valence-electron chi connectivity index (χ2n) is 10.7. The van der Waals surface area contributed by atoms with Crippen molar-refractivity contribution in [1.29, 1.82) is 0 Å². The number of hydrogen-bond acceptors (Lipinski definition) is 4. The van der Waals surface area contributed by atoms with E-state index in [1.807, 2.05) is 26.1 Å². The topological polar surface area (TPSA) is 88.2 Å². The van der Waals surface area contributed by atoms with E-state index in [9.17, 15) is 9.90 Å². The van der Waals surface area contributed by atoms with E-state index < -0.39 is 0 Å². The molecular formula is C26H35N5O2. The second kappa shape index (κ2) is 8.29. The average molecular weight is 450 g/mol. The maximum absolute atomic E-state index is 13.2. The van der Waals surface area contributed by atoms with Crippen molar-refractivity contribution in [2.24, 2.45) is 5.41 Å². The molecule has 3 heterocycles. The van der Waals surface area contributed by atoms with E-state index in [2.05, 4.69) is 46.1 Å². The Morgan fingerprint density at radius 1 is 1.33 bits per heavy atom. The summed E-state index contributed by atoms with van der Waals surface area (Å²) in [5.41, 5.74) is 6.78. The lowest BCUT2D eigenvalue weighted by molar-refractivity contribution is -0.124. The Labute approximate surface area is 195 Å². The molecular weight excluding hydrogens is 414 g/mol. The minimum absolute atomic E-state index is 0.0409. The minimum Gasteiger partial charge on any atom is -0.392 e. The van der Waals surface area contributed by atoms with Gasteiger partial charge in [0.1, 0.15) is 5.69 Å². The van der Waals surface area contributed by atoms with Crippen molar-refractivity contribution in [1.82, 2.24) is 20.1 Å². The normalized spacial score (nSPS) is 21.7. The number of hydrogen-bond donors (Lipinski definition) is 3. The lowest BCUT2D eigenvalue weighted by Gasteiger charge is -2.35. The number of aromatic amines is 2. The SMILES string of the molecule is CC(C(=O)N(C)c1ccc2cc(-c3n[nH]c4c3CCC(C)(C)C4)[nH]c2c1)N1CCCC(O)C1. The minimum atomic E-state index is -0.341. The van der Waals surface area contributed by atoms with E-state index in [0.29, 0.717) is 12.0 Å². The first-order valence-corrected chi connectivity index (χ1v) is 12.1. The van der Waals surface area contributed by atoms with Crippen LogP contribution < -0.4 is 4.90 Å². The number of β-amino-alcohol motifs (C(OH)–C–C–N with tert-alkyl or cyclic N) is 1. The number of amides is 1. The van der Waals surface area contributed by atoms with Gasteiger partial charge in [0.25, 0.3) is 0 Å². The molecule has 2 atom stereocenters. The van der Waals surface area contributed by atoms with E-state index in [1.54, 1.807) is 4.90 Å². The van der Waals surface area contributed by atoms with Crippen LogP contribution in [0.3, 0.4) is 0 Å². The molecule has 1 amide bonds. The van der Waals surface area contributed by atoms with Gasteiger partial charge >= 0.3 is 0 Å². The van der Waals surface area contributed by atoms with Crippen molar-refractivity contribution in [2.45, 2.75) is 65.0 Å². The van der Waals surface area contributed by atoms with Gasteiger partial charge in [-0.3, -0.25) is 14.8 Å². The first-order chi connectivity index (χ1) is 15.7. The molecule has 1 aliphatic carbocycles. The number of aliphatic hydroxyl groups is 1. The molecule has 3 N–H and O–H groups in total. The smallest absolute Gasteiger partial charge is 0.243 e. The third kappa shape index (κ3) is 4.20. The quantitative estimate of drug-likeness (QED) is 0.564. The number of H-pyrrole nitrogens is 2. The molecule has 2 aliphatic rings. The van der Waals surface area contributed by atoms with Crippen LogP contribution in [-0.2, 0) is 17.6 Å². The number of carbonyl (C=O) groups is 1. The molecule has 176 valence electrons. The number of aliphatic hydroxyl groups excluding tert-OH is 1. The van der Waals surface area contributed by atoms with Gasteiger partial charge in [-0.2, -0.15) is 5.10 Å². The zero-order valence-corrected chi connectivity index (χ0v) is 20.1. The fourth-order valence-electron chi connectivity index (χ4n) is 5.42. The largest absolute Gasteiger partial charge is 0.392 e. The van der Waals surface area contributed by atoms with Crippen LogP contribution in [-0.4, -0.2) is 63.4 Å². The molecule has 0 radical (unpaired) electrons. The molecule has 1 saturated heterocycles. The number of fused-ring (bicyclic) bond motifs is 2. The van der Waals surface area contributed by atoms with Crippen LogP contribution in [0.25, 0.3) is 22.3 Å². The summed E-state index contributed by atoms with van der Waals surface area (Å²) in [6, 6.07) is 7.98. The van der Waals surface area contributed by atoms with Crippen molar-refractivity contribution in [3.63, 3.8) is 0 Å². The van der Waals surface area contributed by atoms with Crippen LogP contribution in [0, 0.1) is 5.41 Å². The lowest BCUT2D eigenvalue weighted by atomic mass is 9.76. The molecule has 3 aromatic rings. The van der Waals surface area contributed by atoms with Crippen molar-refractivity contribution in [3.8, 4) is 11.4 Å². The second-order valence-corrected chi connectivity index (χ2v) is 10.7. The summed E-state index contributed by atoms with van der Waals surface area (Å²) in [5, 5.41) is 19.0. The fraction of sp³-hybridized carbons (Fsp3) is 0.538. The van der Waals surface area contributed by atoms with E-state index in [4.69, 9.17) is 0 Å². The molecule has 2 unspecified atom stereocenters. The van der Waals surface area contributed by atoms with Crippen molar-refractivity contribution >= 4 is 22.5 Å². The molecule has 1 aliphatic heterocycles. The lowest BCUT2D eigenvalue weighted by Crippen LogP contribution is -2.50. The van der Waals surface area contributed by atoms with E-state index >= 15 is 0 Å². The van der Waals surface area contributed by atoms with Crippen LogP contribution in [0.5, 0.6) is 0 Å². The predicted molar refractivity (Wildman–Crippen MR) is 131 cm³/mol. The average Bonchev–Trinajstić information content (AvgIpc) is 3.39. The summed E-state index contributed by atoms with van der Waals surface area (Å²) >= 11 is 0. The van der Waals surface area contributed by atoms with Gasteiger partial charge in [0.05, 0.1) is 17.8 Å². The number of rotatable bonds is 4. The summed E-state index contributed by atoms with van der Waals surface area (Å²) in [5.74, 6) is 0.0409. The van der Waals surface area contributed by atoms with Gasteiger partial charge in [0.2, 0.25) is 5.91 Å². The molecule has 2 aromatic heterocycles. The molecule has 1 aromatic carbocycles. The van der Waals surface area contributed by atoms with Crippen LogP contribution in [0.1, 0.15) is 51.3 Å². The highest BCUT2D eigenvalue weighted by Gasteiger charge is 2.30. The number of nitrogens with zero attached hydrogens (tertiary/aromatic N) is 3. The summed E-state index contributed by atoms with van der Waals surface area (Å²) in [6.07, 6.45) is 4.63. The zero-order valence-electron chi connectivity index (χ0n) is 20.1. The van der Waals surface area contributed by atoms with Gasteiger partial charge in [-0.05, 0) is 69.2 Å². The van der Waals surface area contributed by atoms with Crippen molar-refractivity contribution in [2.75, 3.05) is 25.0 Å². The summed E-state index contributed by atoms with van der Waals surface area (Å²) in [4.78, 5) is 20.5. The number of carbonyl (C=O) groups excluding carboxylic acids is 1. The van der Waals surface area contributed by atoms with Gasteiger partial charge in [0, 0.05) is 41.4 Å². The summed E-state index contributed by atoms with van der Waals surface area (Å²) < 4.78 is 0. The van der Waals surface area contributed by atoms with Crippen LogP contribution in [0.2, 0.25) is 0 Å². The number of piperidine rings is 1. The van der Waals surface area contributed by atoms with Gasteiger partial charge < -0.3 is 15.0 Å². The molecule has 0 saturated carbocycles. The Balaban J connectivity index is 1.38. The van der Waals surface area contributed by atoms with Crippen molar-refractivity contribution < 1.29 is 9.90 Å². The monoisotopic (exact) mass is 449 g/mol. The summed E-state index contributed by atoms with van der Waals surface area (Å²) in [6.45, 7) is 7.97. The number of aromatic nitrogens is 3. The molecule has 33 heavy (non-hydrogen) atoms. The zero-order chi connectivity index (χ0) is 23.3. The van der Waals surface area contributed by atoms with E-state index in [-0.39, 0.29) is 18.1 Å². The van der Waals surface area contributed by atoms with Crippen molar-refractivity contribution in [3.05, 3.63) is 35.5 Å². The molecule has 0 spiro atoms. The third-order valence-electron chi connectivity index (χ3n) is 7.57. The third-order valence-corrected chi connectivity index (χ3v) is 7.57. The van der Waals surface area contributed by atoms with Gasteiger partial charge in [-0.25, -0.2) is 0 Å². The highest BCUT2D eigenvalue weighted by molar-refractivity contribution is 5.98. The summed E-state index contributed by atoms with van der Waals surface area (Å²) in [7, 11) is 1.83. The fourth-order valence-corrected chi connectivity index (χ4v) is 5.42.